The van der Waals surface area contributed by atoms with Crippen molar-refractivity contribution in [2.24, 2.45) is 0 Å². The molecule has 0 heterocycles. The summed E-state index contributed by atoms with van der Waals surface area (Å²) in [6, 6.07) is 47.2. The van der Waals surface area contributed by atoms with E-state index in [0.29, 0.717) is 5.75 Å². The van der Waals surface area contributed by atoms with E-state index in [1.165, 1.54) is 0 Å². The maximum Gasteiger partial charge on any atom is 0.335 e. The Kier molecular flexibility index (Phi) is 8.45. The Morgan fingerprint density at radius 2 is 1.02 bits per heavy atom. The minimum absolute atomic E-state index is 0.470. The Hall–Kier alpha value is -5.41. The lowest BCUT2D eigenvalue weighted by Crippen LogP contribution is -2.10. The van der Waals surface area contributed by atoms with Gasteiger partial charge in [0.25, 0.3) is 0 Å². The number of anilines is 2. The van der Waals surface area contributed by atoms with Crippen molar-refractivity contribution in [1.82, 2.24) is 0 Å². The third kappa shape index (κ3) is 6.72. The molecule has 0 amide bonds. The molecular weight excluding hydrogens is 490 g/mol. The van der Waals surface area contributed by atoms with Gasteiger partial charge in [-0.25, -0.2) is 4.79 Å². The number of rotatable bonds is 9. The number of hydrogen-bond acceptors (Lipinski definition) is 3. The Labute approximate surface area is 235 Å². The van der Waals surface area contributed by atoms with E-state index < -0.39 is 5.97 Å². The van der Waals surface area contributed by atoms with Gasteiger partial charge in [-0.3, -0.25) is 0 Å². The van der Waals surface area contributed by atoms with Gasteiger partial charge in [0, 0.05) is 29.2 Å². The Balaban J connectivity index is 1.45. The standard InChI is InChI=1S/C37H29NO2/c1-2-37(39)40-35-26-22-30(23-27-35)19-18-29-20-24-34(25-21-29)38(33-16-10-5-11-17-33)28-36(31-12-6-3-7-13-31)32-14-8-4-9-15-32/h2-28H,1H2. The summed E-state index contributed by atoms with van der Waals surface area (Å²) in [5, 5.41) is 0. The summed E-state index contributed by atoms with van der Waals surface area (Å²) in [5.74, 6) is 0.0215. The first-order valence-electron chi connectivity index (χ1n) is 13.1. The van der Waals surface area contributed by atoms with E-state index in [4.69, 9.17) is 4.74 Å². The highest BCUT2D eigenvalue weighted by Gasteiger charge is 2.12. The first kappa shape index (κ1) is 26.2. The fourth-order valence-corrected chi connectivity index (χ4v) is 4.31. The van der Waals surface area contributed by atoms with Gasteiger partial charge in [-0.2, -0.15) is 0 Å². The molecule has 0 N–H and O–H groups in total. The van der Waals surface area contributed by atoms with Crippen molar-refractivity contribution >= 4 is 35.1 Å². The first-order valence-corrected chi connectivity index (χ1v) is 13.1. The molecule has 0 aliphatic carbocycles. The quantitative estimate of drug-likeness (QED) is 0.0841. The fourth-order valence-electron chi connectivity index (χ4n) is 4.31. The SMILES string of the molecule is C=CC(=O)Oc1ccc(C=Cc2ccc(N(C=C(c3ccccc3)c3ccccc3)c3ccccc3)cc2)cc1. The second-order valence-electron chi connectivity index (χ2n) is 9.10. The maximum absolute atomic E-state index is 11.4. The summed E-state index contributed by atoms with van der Waals surface area (Å²) < 4.78 is 5.15. The molecule has 0 radical (unpaired) electrons. The third-order valence-corrected chi connectivity index (χ3v) is 6.37. The van der Waals surface area contributed by atoms with E-state index in [0.717, 1.165) is 45.3 Å². The zero-order valence-electron chi connectivity index (χ0n) is 22.1. The number of ether oxygens (including phenoxy) is 1. The largest absolute Gasteiger partial charge is 0.423 e. The highest BCUT2D eigenvalue weighted by molar-refractivity contribution is 5.84. The molecule has 0 saturated carbocycles. The summed E-state index contributed by atoms with van der Waals surface area (Å²) >= 11 is 0. The van der Waals surface area contributed by atoms with Crippen molar-refractivity contribution in [1.29, 1.82) is 0 Å². The van der Waals surface area contributed by atoms with Crippen molar-refractivity contribution in [3.63, 3.8) is 0 Å². The lowest BCUT2D eigenvalue weighted by molar-refractivity contribution is -0.128. The highest BCUT2D eigenvalue weighted by atomic mass is 16.5. The van der Waals surface area contributed by atoms with Crippen LogP contribution in [0.2, 0.25) is 0 Å². The van der Waals surface area contributed by atoms with E-state index in [-0.39, 0.29) is 0 Å². The molecule has 0 bridgehead atoms. The van der Waals surface area contributed by atoms with Crippen molar-refractivity contribution in [2.75, 3.05) is 4.90 Å². The van der Waals surface area contributed by atoms with Crippen LogP contribution in [0.3, 0.4) is 0 Å². The van der Waals surface area contributed by atoms with E-state index in [1.807, 2.05) is 36.4 Å². The zero-order valence-corrected chi connectivity index (χ0v) is 22.1. The van der Waals surface area contributed by atoms with Gasteiger partial charge in [-0.1, -0.05) is 122 Å². The van der Waals surface area contributed by atoms with Gasteiger partial charge in [-0.05, 0) is 58.7 Å². The lowest BCUT2D eigenvalue weighted by Gasteiger charge is -2.23. The minimum atomic E-state index is -0.470. The van der Waals surface area contributed by atoms with Gasteiger partial charge in [0.15, 0.2) is 0 Å². The predicted octanol–water partition coefficient (Wildman–Crippen LogP) is 9.18. The van der Waals surface area contributed by atoms with Gasteiger partial charge >= 0.3 is 5.97 Å². The molecule has 0 spiro atoms. The molecule has 0 atom stereocenters. The van der Waals surface area contributed by atoms with Crippen LogP contribution in [0.5, 0.6) is 5.75 Å². The number of benzene rings is 5. The van der Waals surface area contributed by atoms with Crippen LogP contribution in [0.25, 0.3) is 17.7 Å². The van der Waals surface area contributed by atoms with Gasteiger partial charge in [-0.15, -0.1) is 0 Å². The van der Waals surface area contributed by atoms with Crippen molar-refractivity contribution in [2.45, 2.75) is 0 Å². The lowest BCUT2D eigenvalue weighted by atomic mass is 9.98. The van der Waals surface area contributed by atoms with Gasteiger partial charge in [0.2, 0.25) is 0 Å². The van der Waals surface area contributed by atoms with Crippen LogP contribution in [-0.4, -0.2) is 5.97 Å². The topological polar surface area (TPSA) is 29.5 Å². The molecule has 0 unspecified atom stereocenters. The number of para-hydroxylation sites is 1. The minimum Gasteiger partial charge on any atom is -0.423 e. The van der Waals surface area contributed by atoms with E-state index >= 15 is 0 Å². The summed E-state index contributed by atoms with van der Waals surface area (Å²) in [5.41, 5.74) is 7.66. The molecule has 40 heavy (non-hydrogen) atoms. The molecule has 5 rings (SSSR count). The molecule has 5 aromatic rings. The smallest absolute Gasteiger partial charge is 0.335 e. The summed E-state index contributed by atoms with van der Waals surface area (Å²) in [6.45, 7) is 3.42. The zero-order chi connectivity index (χ0) is 27.6. The van der Waals surface area contributed by atoms with E-state index in [2.05, 4.69) is 121 Å². The van der Waals surface area contributed by atoms with E-state index in [9.17, 15) is 4.79 Å². The van der Waals surface area contributed by atoms with Crippen molar-refractivity contribution < 1.29 is 9.53 Å². The first-order chi connectivity index (χ1) is 19.7. The molecular formula is C37H29NO2. The second kappa shape index (κ2) is 12.9. The Bertz CT molecular complexity index is 1560. The predicted molar refractivity (Wildman–Crippen MR) is 166 cm³/mol. The summed E-state index contributed by atoms with van der Waals surface area (Å²) in [4.78, 5) is 13.6. The molecule has 0 aliphatic rings. The maximum atomic E-state index is 11.4. The van der Waals surface area contributed by atoms with Gasteiger partial charge in [0.05, 0.1) is 0 Å². The summed E-state index contributed by atoms with van der Waals surface area (Å²) in [6.07, 6.45) is 7.46. The summed E-state index contributed by atoms with van der Waals surface area (Å²) in [7, 11) is 0. The third-order valence-electron chi connectivity index (χ3n) is 6.37. The van der Waals surface area contributed by atoms with Crippen LogP contribution >= 0.6 is 0 Å². The molecule has 0 saturated heterocycles. The van der Waals surface area contributed by atoms with Gasteiger partial charge < -0.3 is 9.64 Å². The average Bonchev–Trinajstić information content (AvgIpc) is 3.03. The molecule has 0 fully saturated rings. The molecule has 194 valence electrons. The van der Waals surface area contributed by atoms with Crippen LogP contribution in [0.1, 0.15) is 22.3 Å². The van der Waals surface area contributed by atoms with Crippen LogP contribution < -0.4 is 9.64 Å². The Morgan fingerprint density at radius 3 is 1.52 bits per heavy atom. The van der Waals surface area contributed by atoms with Crippen molar-refractivity contribution in [3.8, 4) is 5.75 Å². The van der Waals surface area contributed by atoms with Gasteiger partial charge in [0.1, 0.15) is 5.75 Å². The molecule has 0 aliphatic heterocycles. The molecule has 0 aromatic heterocycles. The normalized spacial score (nSPS) is 10.6. The van der Waals surface area contributed by atoms with Crippen LogP contribution in [0.15, 0.2) is 158 Å². The van der Waals surface area contributed by atoms with Crippen LogP contribution in [0, 0.1) is 0 Å². The number of hydrogen-bond donors (Lipinski definition) is 0. The number of esters is 1. The van der Waals surface area contributed by atoms with Crippen LogP contribution in [0.4, 0.5) is 11.4 Å². The van der Waals surface area contributed by atoms with Crippen molar-refractivity contribution in [3.05, 3.63) is 181 Å². The molecule has 5 aromatic carbocycles. The van der Waals surface area contributed by atoms with Crippen LogP contribution in [-0.2, 0) is 4.79 Å². The fraction of sp³-hybridized carbons (Fsp3) is 0. The number of carbonyl (C=O) groups excluding carboxylic acids is 1. The average molecular weight is 520 g/mol. The highest BCUT2D eigenvalue weighted by Crippen LogP contribution is 2.31. The number of nitrogens with zero attached hydrogens (tertiary/aromatic N) is 1. The molecule has 3 nitrogen and oxygen atoms in total. The Morgan fingerprint density at radius 1 is 0.575 bits per heavy atom. The monoisotopic (exact) mass is 519 g/mol. The number of carbonyl (C=O) groups is 1. The van der Waals surface area contributed by atoms with E-state index in [1.54, 1.807) is 12.1 Å². The molecule has 3 heteroatoms. The second-order valence-corrected chi connectivity index (χ2v) is 9.10.